The highest BCUT2D eigenvalue weighted by atomic mass is 19.1. The molecule has 2 unspecified atom stereocenters. The third-order valence-electron chi connectivity index (χ3n) is 3.84. The molecule has 1 aromatic rings. The molecule has 2 heterocycles. The quantitative estimate of drug-likeness (QED) is 0.890. The SMILES string of the molecule is O=C1OC(C2CCCNC2)CN1c1ccccc1F. The van der Waals surface area contributed by atoms with Crippen molar-refractivity contribution in [2.75, 3.05) is 24.5 Å². The standard InChI is InChI=1S/C14H17FN2O2/c15-11-5-1-2-6-12(11)17-9-13(19-14(17)18)10-4-3-7-16-8-10/h1-2,5-6,10,13,16H,3-4,7-9H2. The van der Waals surface area contributed by atoms with Crippen LogP contribution in [0.25, 0.3) is 0 Å². The monoisotopic (exact) mass is 264 g/mol. The van der Waals surface area contributed by atoms with Crippen LogP contribution in [-0.4, -0.2) is 31.8 Å². The molecule has 0 saturated carbocycles. The summed E-state index contributed by atoms with van der Waals surface area (Å²) in [5.41, 5.74) is 0.304. The molecule has 0 bridgehead atoms. The van der Waals surface area contributed by atoms with E-state index in [1.54, 1.807) is 18.2 Å². The highest BCUT2D eigenvalue weighted by Gasteiger charge is 2.38. The van der Waals surface area contributed by atoms with E-state index in [-0.39, 0.29) is 11.9 Å². The molecule has 0 spiro atoms. The number of hydrogen-bond donors (Lipinski definition) is 1. The number of benzene rings is 1. The van der Waals surface area contributed by atoms with Crippen LogP contribution < -0.4 is 10.2 Å². The molecule has 2 aliphatic heterocycles. The number of para-hydroxylation sites is 1. The fourth-order valence-electron chi connectivity index (χ4n) is 2.79. The number of ether oxygens (including phenoxy) is 1. The number of nitrogens with zero attached hydrogens (tertiary/aromatic N) is 1. The third-order valence-corrected chi connectivity index (χ3v) is 3.84. The lowest BCUT2D eigenvalue weighted by molar-refractivity contribution is 0.0942. The number of carbonyl (C=O) groups excluding carboxylic acids is 1. The van der Waals surface area contributed by atoms with Crippen molar-refractivity contribution in [3.63, 3.8) is 0 Å². The fraction of sp³-hybridized carbons (Fsp3) is 0.500. The number of halogens is 1. The van der Waals surface area contributed by atoms with Gasteiger partial charge in [0.2, 0.25) is 0 Å². The lowest BCUT2D eigenvalue weighted by Crippen LogP contribution is -2.38. The Morgan fingerprint density at radius 3 is 2.95 bits per heavy atom. The Hall–Kier alpha value is -1.62. The number of carbonyl (C=O) groups is 1. The van der Waals surface area contributed by atoms with Crippen molar-refractivity contribution in [1.29, 1.82) is 0 Å². The van der Waals surface area contributed by atoms with Gasteiger partial charge in [-0.15, -0.1) is 0 Å². The van der Waals surface area contributed by atoms with Crippen LogP contribution in [0, 0.1) is 11.7 Å². The average molecular weight is 264 g/mol. The Morgan fingerprint density at radius 1 is 1.37 bits per heavy atom. The molecular weight excluding hydrogens is 247 g/mol. The molecule has 2 aliphatic rings. The van der Waals surface area contributed by atoms with E-state index in [9.17, 15) is 9.18 Å². The maximum atomic E-state index is 13.7. The summed E-state index contributed by atoms with van der Waals surface area (Å²) in [6, 6.07) is 6.31. The number of nitrogens with one attached hydrogen (secondary N) is 1. The molecule has 1 aromatic carbocycles. The van der Waals surface area contributed by atoms with Crippen LogP contribution in [0.2, 0.25) is 0 Å². The van der Waals surface area contributed by atoms with Crippen molar-refractivity contribution < 1.29 is 13.9 Å². The molecule has 1 N–H and O–H groups in total. The Morgan fingerprint density at radius 2 is 2.21 bits per heavy atom. The fourth-order valence-corrected chi connectivity index (χ4v) is 2.79. The van der Waals surface area contributed by atoms with Crippen molar-refractivity contribution in [1.82, 2.24) is 5.32 Å². The molecule has 19 heavy (non-hydrogen) atoms. The van der Waals surface area contributed by atoms with Crippen molar-refractivity contribution in [2.45, 2.75) is 18.9 Å². The summed E-state index contributed by atoms with van der Waals surface area (Å²) >= 11 is 0. The molecule has 0 radical (unpaired) electrons. The largest absolute Gasteiger partial charge is 0.444 e. The van der Waals surface area contributed by atoms with Crippen LogP contribution in [0.3, 0.4) is 0 Å². The van der Waals surface area contributed by atoms with E-state index in [1.807, 2.05) is 0 Å². The van der Waals surface area contributed by atoms with E-state index in [1.165, 1.54) is 11.0 Å². The highest BCUT2D eigenvalue weighted by molar-refractivity contribution is 5.89. The van der Waals surface area contributed by atoms with Gasteiger partial charge in [0.25, 0.3) is 0 Å². The van der Waals surface area contributed by atoms with Crippen LogP contribution >= 0.6 is 0 Å². The number of hydrogen-bond acceptors (Lipinski definition) is 3. The predicted molar refractivity (Wildman–Crippen MR) is 69.6 cm³/mol. The van der Waals surface area contributed by atoms with Crippen LogP contribution in [-0.2, 0) is 4.74 Å². The molecule has 2 saturated heterocycles. The van der Waals surface area contributed by atoms with Gasteiger partial charge in [-0.3, -0.25) is 4.90 Å². The average Bonchev–Trinajstić information content (AvgIpc) is 2.82. The van der Waals surface area contributed by atoms with Gasteiger partial charge in [0.1, 0.15) is 11.9 Å². The zero-order valence-electron chi connectivity index (χ0n) is 10.6. The van der Waals surface area contributed by atoms with Crippen LogP contribution in [0.1, 0.15) is 12.8 Å². The molecular formula is C14H17FN2O2. The van der Waals surface area contributed by atoms with Gasteiger partial charge in [-0.05, 0) is 31.5 Å². The van der Waals surface area contributed by atoms with E-state index in [0.717, 1.165) is 25.9 Å². The predicted octanol–water partition coefficient (Wildman–Crippen LogP) is 2.15. The number of anilines is 1. The van der Waals surface area contributed by atoms with Crippen molar-refractivity contribution in [3.8, 4) is 0 Å². The van der Waals surface area contributed by atoms with Crippen LogP contribution in [0.4, 0.5) is 14.9 Å². The van der Waals surface area contributed by atoms with Gasteiger partial charge in [-0.1, -0.05) is 12.1 Å². The van der Waals surface area contributed by atoms with Crippen molar-refractivity contribution in [3.05, 3.63) is 30.1 Å². The summed E-state index contributed by atoms with van der Waals surface area (Å²) in [5.74, 6) is -0.0589. The van der Waals surface area contributed by atoms with E-state index >= 15 is 0 Å². The first-order valence-corrected chi connectivity index (χ1v) is 6.69. The molecule has 1 amide bonds. The van der Waals surface area contributed by atoms with Gasteiger partial charge in [0.15, 0.2) is 0 Å². The summed E-state index contributed by atoms with van der Waals surface area (Å²) in [6.45, 7) is 2.32. The normalized spacial score (nSPS) is 27.4. The Balaban J connectivity index is 1.75. The van der Waals surface area contributed by atoms with Crippen molar-refractivity contribution in [2.24, 2.45) is 5.92 Å². The second-order valence-electron chi connectivity index (χ2n) is 5.09. The first kappa shape index (κ1) is 12.4. The smallest absolute Gasteiger partial charge is 0.414 e. The molecule has 102 valence electrons. The van der Waals surface area contributed by atoms with Crippen LogP contribution in [0.5, 0.6) is 0 Å². The Bertz CT molecular complexity index is 474. The molecule has 2 fully saturated rings. The van der Waals surface area contributed by atoms with E-state index in [0.29, 0.717) is 18.2 Å². The molecule has 3 rings (SSSR count). The summed E-state index contributed by atoms with van der Waals surface area (Å²) < 4.78 is 19.1. The zero-order valence-corrected chi connectivity index (χ0v) is 10.6. The van der Waals surface area contributed by atoms with Crippen LogP contribution in [0.15, 0.2) is 24.3 Å². The molecule has 0 aliphatic carbocycles. The second kappa shape index (κ2) is 5.17. The van der Waals surface area contributed by atoms with Gasteiger partial charge >= 0.3 is 6.09 Å². The summed E-state index contributed by atoms with van der Waals surface area (Å²) in [7, 11) is 0. The van der Waals surface area contributed by atoms with Gasteiger partial charge in [0.05, 0.1) is 12.2 Å². The van der Waals surface area contributed by atoms with E-state index in [4.69, 9.17) is 4.74 Å². The Kier molecular flexibility index (Phi) is 3.38. The number of amides is 1. The number of piperidine rings is 1. The third kappa shape index (κ3) is 2.42. The number of cyclic esters (lactones) is 1. The summed E-state index contributed by atoms with van der Waals surface area (Å²) in [4.78, 5) is 13.3. The molecule has 0 aromatic heterocycles. The molecule has 2 atom stereocenters. The second-order valence-corrected chi connectivity index (χ2v) is 5.09. The summed E-state index contributed by atoms with van der Waals surface area (Å²) in [5, 5.41) is 3.31. The lowest BCUT2D eigenvalue weighted by Gasteiger charge is -2.26. The highest BCUT2D eigenvalue weighted by Crippen LogP contribution is 2.29. The Labute approximate surface area is 111 Å². The van der Waals surface area contributed by atoms with E-state index < -0.39 is 6.09 Å². The van der Waals surface area contributed by atoms with Gasteiger partial charge in [-0.2, -0.15) is 0 Å². The minimum absolute atomic E-state index is 0.139. The molecule has 4 nitrogen and oxygen atoms in total. The first-order chi connectivity index (χ1) is 9.25. The summed E-state index contributed by atoms with van der Waals surface area (Å²) in [6.07, 6.45) is 1.56. The maximum absolute atomic E-state index is 13.7. The minimum Gasteiger partial charge on any atom is -0.444 e. The van der Waals surface area contributed by atoms with Gasteiger partial charge < -0.3 is 10.1 Å². The maximum Gasteiger partial charge on any atom is 0.414 e. The van der Waals surface area contributed by atoms with E-state index in [2.05, 4.69) is 5.32 Å². The first-order valence-electron chi connectivity index (χ1n) is 6.69. The van der Waals surface area contributed by atoms with Gasteiger partial charge in [-0.25, -0.2) is 9.18 Å². The van der Waals surface area contributed by atoms with Crippen molar-refractivity contribution >= 4 is 11.8 Å². The van der Waals surface area contributed by atoms with Gasteiger partial charge in [0, 0.05) is 12.5 Å². The zero-order chi connectivity index (χ0) is 13.2. The lowest BCUT2D eigenvalue weighted by atomic mass is 9.94. The minimum atomic E-state index is -0.444. The topological polar surface area (TPSA) is 41.6 Å². The number of rotatable bonds is 2. The molecule has 5 heteroatoms.